The number of morpholine rings is 1. The van der Waals surface area contributed by atoms with Crippen LogP contribution in [-0.2, 0) is 24.4 Å². The summed E-state index contributed by atoms with van der Waals surface area (Å²) in [5, 5.41) is 6.84. The van der Waals surface area contributed by atoms with Gasteiger partial charge in [-0.05, 0) is 30.5 Å². The van der Waals surface area contributed by atoms with Crippen molar-refractivity contribution >= 4 is 5.96 Å². The van der Waals surface area contributed by atoms with Crippen molar-refractivity contribution in [1.82, 2.24) is 15.5 Å². The van der Waals surface area contributed by atoms with Crippen LogP contribution in [0.2, 0.25) is 0 Å². The third-order valence-corrected chi connectivity index (χ3v) is 4.95. The minimum atomic E-state index is 0.672. The molecule has 1 aliphatic heterocycles. The summed E-state index contributed by atoms with van der Waals surface area (Å²) in [6, 6.07) is 17.2. The van der Waals surface area contributed by atoms with Gasteiger partial charge in [-0.25, -0.2) is 4.99 Å². The third-order valence-electron chi connectivity index (χ3n) is 4.95. The standard InChI is InChI=1S/C23H32N4O/c1-3-24-23(25-16-20-10-8-19(2)9-11-20)26-17-21-6-4-5-7-22(21)18-27-12-14-28-15-13-27/h4-11H,3,12-18H2,1-2H3,(H2,24,25,26). The van der Waals surface area contributed by atoms with Crippen molar-refractivity contribution in [2.24, 2.45) is 4.99 Å². The molecule has 2 aromatic rings. The second-order valence-corrected chi connectivity index (χ2v) is 7.19. The average Bonchev–Trinajstić information content (AvgIpc) is 2.73. The lowest BCUT2D eigenvalue weighted by Crippen LogP contribution is -2.38. The summed E-state index contributed by atoms with van der Waals surface area (Å²) in [5.41, 5.74) is 5.17. The molecule has 0 spiro atoms. The number of nitrogens with one attached hydrogen (secondary N) is 2. The molecule has 0 atom stereocenters. The Labute approximate surface area is 168 Å². The van der Waals surface area contributed by atoms with Crippen molar-refractivity contribution in [3.8, 4) is 0 Å². The van der Waals surface area contributed by atoms with Crippen LogP contribution in [0, 0.1) is 6.92 Å². The molecule has 0 bridgehead atoms. The molecule has 0 saturated carbocycles. The number of nitrogens with zero attached hydrogens (tertiary/aromatic N) is 2. The molecule has 28 heavy (non-hydrogen) atoms. The number of aliphatic imine (C=N–C) groups is 1. The highest BCUT2D eigenvalue weighted by atomic mass is 16.5. The zero-order valence-electron chi connectivity index (χ0n) is 17.1. The average molecular weight is 381 g/mol. The Kier molecular flexibility index (Phi) is 7.88. The first kappa shape index (κ1) is 20.4. The summed E-state index contributed by atoms with van der Waals surface area (Å²) in [7, 11) is 0. The van der Waals surface area contributed by atoms with Crippen molar-refractivity contribution in [3.05, 3.63) is 70.8 Å². The van der Waals surface area contributed by atoms with Gasteiger partial charge in [0.25, 0.3) is 0 Å². The van der Waals surface area contributed by atoms with Crippen LogP contribution in [0.15, 0.2) is 53.5 Å². The van der Waals surface area contributed by atoms with E-state index in [-0.39, 0.29) is 0 Å². The Balaban J connectivity index is 1.61. The van der Waals surface area contributed by atoms with Gasteiger partial charge in [0.05, 0.1) is 19.8 Å². The first-order valence-electron chi connectivity index (χ1n) is 10.2. The molecule has 3 rings (SSSR count). The Morgan fingerprint density at radius 2 is 1.71 bits per heavy atom. The van der Waals surface area contributed by atoms with Crippen LogP contribution in [0.4, 0.5) is 0 Å². The molecule has 2 aromatic carbocycles. The summed E-state index contributed by atoms with van der Waals surface area (Å²) in [6.45, 7) is 11.1. The minimum Gasteiger partial charge on any atom is -0.379 e. The van der Waals surface area contributed by atoms with Crippen LogP contribution in [-0.4, -0.2) is 43.7 Å². The molecular weight excluding hydrogens is 348 g/mol. The van der Waals surface area contributed by atoms with Crippen LogP contribution in [0.5, 0.6) is 0 Å². The smallest absolute Gasteiger partial charge is 0.191 e. The molecule has 1 saturated heterocycles. The van der Waals surface area contributed by atoms with E-state index in [1.54, 1.807) is 0 Å². The fraction of sp³-hybridized carbons (Fsp3) is 0.435. The summed E-state index contributed by atoms with van der Waals surface area (Å²) in [6.07, 6.45) is 0. The van der Waals surface area contributed by atoms with E-state index in [0.717, 1.165) is 51.9 Å². The number of rotatable bonds is 7. The van der Waals surface area contributed by atoms with Gasteiger partial charge in [-0.15, -0.1) is 0 Å². The predicted molar refractivity (Wildman–Crippen MR) is 115 cm³/mol. The van der Waals surface area contributed by atoms with Crippen molar-refractivity contribution in [2.75, 3.05) is 32.8 Å². The van der Waals surface area contributed by atoms with E-state index in [2.05, 4.69) is 77.9 Å². The Morgan fingerprint density at radius 1 is 1.00 bits per heavy atom. The number of benzene rings is 2. The summed E-state index contributed by atoms with van der Waals surface area (Å²) >= 11 is 0. The molecule has 0 aromatic heterocycles. The maximum atomic E-state index is 5.47. The monoisotopic (exact) mass is 380 g/mol. The third kappa shape index (κ3) is 6.36. The van der Waals surface area contributed by atoms with E-state index in [1.165, 1.54) is 22.3 Å². The second-order valence-electron chi connectivity index (χ2n) is 7.19. The summed E-state index contributed by atoms with van der Waals surface area (Å²) in [4.78, 5) is 7.20. The topological polar surface area (TPSA) is 48.9 Å². The largest absolute Gasteiger partial charge is 0.379 e. The highest BCUT2D eigenvalue weighted by Crippen LogP contribution is 2.13. The van der Waals surface area contributed by atoms with Crippen LogP contribution < -0.4 is 10.6 Å². The molecule has 0 unspecified atom stereocenters. The van der Waals surface area contributed by atoms with Crippen molar-refractivity contribution in [1.29, 1.82) is 0 Å². The van der Waals surface area contributed by atoms with Gasteiger partial charge in [0.15, 0.2) is 5.96 Å². The van der Waals surface area contributed by atoms with Gasteiger partial charge in [-0.2, -0.15) is 0 Å². The summed E-state index contributed by atoms with van der Waals surface area (Å²) in [5.74, 6) is 0.851. The lowest BCUT2D eigenvalue weighted by Gasteiger charge is -2.27. The first-order chi connectivity index (χ1) is 13.7. The van der Waals surface area contributed by atoms with Gasteiger partial charge < -0.3 is 15.4 Å². The lowest BCUT2D eigenvalue weighted by molar-refractivity contribution is 0.0341. The Hall–Kier alpha value is -2.37. The molecule has 5 nitrogen and oxygen atoms in total. The van der Waals surface area contributed by atoms with Crippen molar-refractivity contribution in [2.45, 2.75) is 33.5 Å². The van der Waals surface area contributed by atoms with E-state index in [1.807, 2.05) is 0 Å². The molecule has 0 aliphatic carbocycles. The molecule has 1 aliphatic rings. The van der Waals surface area contributed by atoms with Crippen LogP contribution in [0.3, 0.4) is 0 Å². The maximum Gasteiger partial charge on any atom is 0.191 e. The first-order valence-corrected chi connectivity index (χ1v) is 10.2. The van der Waals surface area contributed by atoms with Gasteiger partial charge in [0, 0.05) is 32.7 Å². The fourth-order valence-corrected chi connectivity index (χ4v) is 3.27. The van der Waals surface area contributed by atoms with Crippen LogP contribution in [0.1, 0.15) is 29.2 Å². The van der Waals surface area contributed by atoms with Gasteiger partial charge in [0.1, 0.15) is 0 Å². The van der Waals surface area contributed by atoms with Crippen LogP contribution in [0.25, 0.3) is 0 Å². The SMILES string of the molecule is CCNC(=NCc1ccc(C)cc1)NCc1ccccc1CN1CCOCC1. The molecule has 1 fully saturated rings. The highest BCUT2D eigenvalue weighted by Gasteiger charge is 2.12. The van der Waals surface area contributed by atoms with E-state index in [0.29, 0.717) is 6.54 Å². The highest BCUT2D eigenvalue weighted by molar-refractivity contribution is 5.79. The number of guanidine groups is 1. The zero-order valence-corrected chi connectivity index (χ0v) is 17.1. The quantitative estimate of drug-likeness (QED) is 0.572. The van der Waals surface area contributed by atoms with E-state index < -0.39 is 0 Å². The molecule has 0 radical (unpaired) electrons. The van der Waals surface area contributed by atoms with Crippen molar-refractivity contribution < 1.29 is 4.74 Å². The lowest BCUT2D eigenvalue weighted by atomic mass is 10.1. The number of aryl methyl sites for hydroxylation is 1. The summed E-state index contributed by atoms with van der Waals surface area (Å²) < 4.78 is 5.47. The fourth-order valence-electron chi connectivity index (χ4n) is 3.27. The predicted octanol–water partition coefficient (Wildman–Crippen LogP) is 3.08. The Morgan fingerprint density at radius 3 is 2.43 bits per heavy atom. The molecule has 0 amide bonds. The second kappa shape index (κ2) is 10.8. The van der Waals surface area contributed by atoms with E-state index >= 15 is 0 Å². The molecule has 150 valence electrons. The molecular formula is C23H32N4O. The number of hydrogen-bond donors (Lipinski definition) is 2. The molecule has 1 heterocycles. The molecule has 2 N–H and O–H groups in total. The number of ether oxygens (including phenoxy) is 1. The van der Waals surface area contributed by atoms with E-state index in [4.69, 9.17) is 9.73 Å². The zero-order chi connectivity index (χ0) is 19.6. The van der Waals surface area contributed by atoms with Crippen LogP contribution >= 0.6 is 0 Å². The Bertz CT molecular complexity index is 751. The minimum absolute atomic E-state index is 0.672. The number of hydrogen-bond acceptors (Lipinski definition) is 3. The van der Waals surface area contributed by atoms with Crippen molar-refractivity contribution in [3.63, 3.8) is 0 Å². The van der Waals surface area contributed by atoms with E-state index in [9.17, 15) is 0 Å². The van der Waals surface area contributed by atoms with Gasteiger partial charge in [-0.3, -0.25) is 4.90 Å². The normalized spacial score (nSPS) is 15.4. The van der Waals surface area contributed by atoms with Gasteiger partial charge in [-0.1, -0.05) is 54.1 Å². The maximum absolute atomic E-state index is 5.47. The van der Waals surface area contributed by atoms with Gasteiger partial charge in [0.2, 0.25) is 0 Å². The van der Waals surface area contributed by atoms with Gasteiger partial charge >= 0.3 is 0 Å². The molecule has 5 heteroatoms.